The lowest BCUT2D eigenvalue weighted by Gasteiger charge is -2.26. The third kappa shape index (κ3) is 5.93. The Morgan fingerprint density at radius 3 is 2.77 bits per heavy atom. The van der Waals surface area contributed by atoms with Crippen LogP contribution in [0.5, 0.6) is 5.75 Å². The van der Waals surface area contributed by atoms with Crippen LogP contribution in [0.25, 0.3) is 0 Å². The summed E-state index contributed by atoms with van der Waals surface area (Å²) in [4.78, 5) is 7.08. The summed E-state index contributed by atoms with van der Waals surface area (Å²) in [5.74, 6) is 1.12. The predicted octanol–water partition coefficient (Wildman–Crippen LogP) is 1.93. The molecular weight excluding hydrogens is 276 g/mol. The molecule has 122 valence electrons. The molecule has 1 aromatic rings. The van der Waals surface area contributed by atoms with E-state index in [1.807, 2.05) is 12.1 Å². The van der Waals surface area contributed by atoms with Gasteiger partial charge >= 0.3 is 0 Å². The van der Waals surface area contributed by atoms with E-state index < -0.39 is 0 Å². The summed E-state index contributed by atoms with van der Waals surface area (Å²) >= 11 is 0. The molecule has 5 heteroatoms. The number of phenolic OH excluding ortho intramolecular Hbond substituents is 1. The van der Waals surface area contributed by atoms with Gasteiger partial charge < -0.3 is 20.6 Å². The fourth-order valence-corrected chi connectivity index (χ4v) is 2.68. The van der Waals surface area contributed by atoms with Gasteiger partial charge in [-0.15, -0.1) is 0 Å². The maximum absolute atomic E-state index is 9.48. The molecule has 0 spiro atoms. The van der Waals surface area contributed by atoms with Gasteiger partial charge in [-0.3, -0.25) is 0 Å². The first kappa shape index (κ1) is 16.6. The Kier molecular flexibility index (Phi) is 7.03. The fraction of sp³-hybridized carbons (Fsp3) is 0.588. The van der Waals surface area contributed by atoms with Crippen LogP contribution < -0.4 is 10.6 Å². The van der Waals surface area contributed by atoms with Crippen LogP contribution >= 0.6 is 0 Å². The van der Waals surface area contributed by atoms with Gasteiger partial charge in [-0.25, -0.2) is 4.99 Å². The summed E-state index contributed by atoms with van der Waals surface area (Å²) in [5, 5.41) is 16.1. The minimum Gasteiger partial charge on any atom is -0.508 e. The van der Waals surface area contributed by atoms with Gasteiger partial charge in [0.05, 0.1) is 6.54 Å². The summed E-state index contributed by atoms with van der Waals surface area (Å²) < 4.78 is 0. The largest absolute Gasteiger partial charge is 0.508 e. The first-order chi connectivity index (χ1) is 10.8. The Labute approximate surface area is 133 Å². The van der Waals surface area contributed by atoms with Crippen LogP contribution in [0.4, 0.5) is 0 Å². The van der Waals surface area contributed by atoms with E-state index in [2.05, 4.69) is 27.4 Å². The van der Waals surface area contributed by atoms with E-state index in [4.69, 9.17) is 0 Å². The minimum atomic E-state index is 0.288. The van der Waals surface area contributed by atoms with Crippen molar-refractivity contribution in [2.75, 3.05) is 32.7 Å². The highest BCUT2D eigenvalue weighted by Gasteiger charge is 2.09. The van der Waals surface area contributed by atoms with Gasteiger partial charge in [0.25, 0.3) is 0 Å². The van der Waals surface area contributed by atoms with E-state index in [0.29, 0.717) is 6.54 Å². The molecule has 0 bridgehead atoms. The van der Waals surface area contributed by atoms with Crippen LogP contribution in [0.3, 0.4) is 0 Å². The van der Waals surface area contributed by atoms with Crippen molar-refractivity contribution < 1.29 is 5.11 Å². The number of aliphatic imine (C=N–C) groups is 1. The normalized spacial score (nSPS) is 16.5. The number of likely N-dealkylation sites (tertiary alicyclic amines) is 1. The first-order valence-electron chi connectivity index (χ1n) is 8.30. The molecule has 1 heterocycles. The first-order valence-corrected chi connectivity index (χ1v) is 8.30. The summed E-state index contributed by atoms with van der Waals surface area (Å²) in [6.07, 6.45) is 4.02. The Balaban J connectivity index is 1.79. The Bertz CT molecular complexity index is 469. The monoisotopic (exact) mass is 304 g/mol. The number of aromatic hydroxyl groups is 1. The molecule has 1 aliphatic heterocycles. The number of rotatable bonds is 6. The van der Waals surface area contributed by atoms with Crippen LogP contribution in [0, 0.1) is 0 Å². The number of nitrogens with one attached hydrogen (secondary N) is 2. The van der Waals surface area contributed by atoms with Gasteiger partial charge in [0, 0.05) is 19.6 Å². The average molecular weight is 304 g/mol. The minimum absolute atomic E-state index is 0.288. The molecule has 0 unspecified atom stereocenters. The molecule has 2 rings (SSSR count). The van der Waals surface area contributed by atoms with E-state index in [0.717, 1.165) is 31.2 Å². The number of phenols is 1. The number of nitrogens with zero attached hydrogens (tertiary/aromatic N) is 2. The number of hydrogen-bond acceptors (Lipinski definition) is 3. The second kappa shape index (κ2) is 9.30. The lowest BCUT2D eigenvalue weighted by atomic mass is 10.1. The number of hydrogen-bond donors (Lipinski definition) is 3. The molecule has 1 saturated heterocycles. The molecule has 22 heavy (non-hydrogen) atoms. The van der Waals surface area contributed by atoms with Gasteiger partial charge in [0.2, 0.25) is 0 Å². The molecule has 1 aromatic carbocycles. The molecule has 5 nitrogen and oxygen atoms in total. The lowest BCUT2D eigenvalue weighted by Crippen LogP contribution is -2.42. The molecule has 0 aliphatic carbocycles. The smallest absolute Gasteiger partial charge is 0.191 e. The maximum Gasteiger partial charge on any atom is 0.191 e. The van der Waals surface area contributed by atoms with Crippen molar-refractivity contribution in [1.29, 1.82) is 0 Å². The van der Waals surface area contributed by atoms with Crippen molar-refractivity contribution in [3.05, 3.63) is 29.8 Å². The number of benzene rings is 1. The Morgan fingerprint density at radius 1 is 1.23 bits per heavy atom. The second-order valence-corrected chi connectivity index (χ2v) is 5.69. The molecular formula is C17H28N4O. The van der Waals surface area contributed by atoms with Gasteiger partial charge in [-0.05, 0) is 50.6 Å². The van der Waals surface area contributed by atoms with Crippen molar-refractivity contribution in [1.82, 2.24) is 15.5 Å². The highest BCUT2D eigenvalue weighted by molar-refractivity contribution is 5.79. The SMILES string of the molecule is CCNC(=NCc1cccc(O)c1)NCCN1CCCCC1. The number of piperidine rings is 1. The van der Waals surface area contributed by atoms with Crippen molar-refractivity contribution in [2.24, 2.45) is 4.99 Å². The molecule has 0 saturated carbocycles. The molecule has 1 aliphatic rings. The molecule has 0 radical (unpaired) electrons. The Hall–Kier alpha value is -1.75. The average Bonchev–Trinajstić information content (AvgIpc) is 2.54. The maximum atomic E-state index is 9.48. The van der Waals surface area contributed by atoms with Crippen molar-refractivity contribution in [3.8, 4) is 5.75 Å². The van der Waals surface area contributed by atoms with Crippen LogP contribution in [-0.2, 0) is 6.54 Å². The summed E-state index contributed by atoms with van der Waals surface area (Å²) in [6, 6.07) is 7.24. The second-order valence-electron chi connectivity index (χ2n) is 5.69. The predicted molar refractivity (Wildman–Crippen MR) is 91.2 cm³/mol. The fourth-order valence-electron chi connectivity index (χ4n) is 2.68. The highest BCUT2D eigenvalue weighted by Crippen LogP contribution is 2.11. The van der Waals surface area contributed by atoms with E-state index in [1.54, 1.807) is 12.1 Å². The van der Waals surface area contributed by atoms with Gasteiger partial charge in [0.1, 0.15) is 5.75 Å². The third-order valence-electron chi connectivity index (χ3n) is 3.84. The van der Waals surface area contributed by atoms with Crippen molar-refractivity contribution in [2.45, 2.75) is 32.7 Å². The molecule has 0 aromatic heterocycles. The molecule has 0 amide bonds. The topological polar surface area (TPSA) is 59.9 Å². The zero-order valence-electron chi connectivity index (χ0n) is 13.5. The van der Waals surface area contributed by atoms with Gasteiger partial charge in [-0.2, -0.15) is 0 Å². The van der Waals surface area contributed by atoms with E-state index in [1.165, 1.54) is 32.4 Å². The summed E-state index contributed by atoms with van der Waals surface area (Å²) in [6.45, 7) is 7.89. The van der Waals surface area contributed by atoms with Crippen LogP contribution in [0.2, 0.25) is 0 Å². The summed E-state index contributed by atoms with van der Waals surface area (Å²) in [5.41, 5.74) is 1.01. The van der Waals surface area contributed by atoms with E-state index in [-0.39, 0.29) is 5.75 Å². The van der Waals surface area contributed by atoms with E-state index >= 15 is 0 Å². The zero-order valence-corrected chi connectivity index (χ0v) is 13.5. The van der Waals surface area contributed by atoms with Crippen molar-refractivity contribution >= 4 is 5.96 Å². The standard InChI is InChI=1S/C17H28N4O/c1-2-18-17(19-9-12-21-10-4-3-5-11-21)20-14-15-7-6-8-16(22)13-15/h6-8,13,22H,2-5,9-12,14H2,1H3,(H2,18,19,20). The van der Waals surface area contributed by atoms with Gasteiger partial charge in [0.15, 0.2) is 5.96 Å². The van der Waals surface area contributed by atoms with Crippen LogP contribution in [0.15, 0.2) is 29.3 Å². The van der Waals surface area contributed by atoms with Crippen LogP contribution in [0.1, 0.15) is 31.7 Å². The Morgan fingerprint density at radius 2 is 2.05 bits per heavy atom. The summed E-state index contributed by atoms with van der Waals surface area (Å²) in [7, 11) is 0. The quantitative estimate of drug-likeness (QED) is 0.555. The third-order valence-corrected chi connectivity index (χ3v) is 3.84. The number of guanidine groups is 1. The highest BCUT2D eigenvalue weighted by atomic mass is 16.3. The molecule has 0 atom stereocenters. The van der Waals surface area contributed by atoms with Crippen molar-refractivity contribution in [3.63, 3.8) is 0 Å². The zero-order chi connectivity index (χ0) is 15.6. The molecule has 3 N–H and O–H groups in total. The van der Waals surface area contributed by atoms with Gasteiger partial charge in [-0.1, -0.05) is 18.6 Å². The molecule has 1 fully saturated rings. The van der Waals surface area contributed by atoms with E-state index in [9.17, 15) is 5.11 Å². The lowest BCUT2D eigenvalue weighted by molar-refractivity contribution is 0.232. The van der Waals surface area contributed by atoms with Crippen LogP contribution in [-0.4, -0.2) is 48.7 Å².